The summed E-state index contributed by atoms with van der Waals surface area (Å²) in [6, 6.07) is 3.36. The van der Waals surface area contributed by atoms with E-state index in [0.717, 1.165) is 12.1 Å². The number of hydrogen-bond donors (Lipinski definition) is 0. The number of halogens is 5. The van der Waals surface area contributed by atoms with E-state index in [0.29, 0.717) is 0 Å². The molecular formula is C9H4Cl2F3NO2. The second kappa shape index (κ2) is 5.40. The zero-order valence-electron chi connectivity index (χ0n) is 7.96. The first-order chi connectivity index (χ1) is 7.86. The van der Waals surface area contributed by atoms with Crippen molar-refractivity contribution in [3.05, 3.63) is 23.2 Å². The van der Waals surface area contributed by atoms with Crippen LogP contribution < -0.4 is 4.74 Å². The average Bonchev–Trinajstić information content (AvgIpc) is 2.23. The zero-order valence-corrected chi connectivity index (χ0v) is 9.47. The third-order valence-corrected chi connectivity index (χ3v) is 2.16. The van der Waals surface area contributed by atoms with E-state index in [4.69, 9.17) is 11.6 Å². The van der Waals surface area contributed by atoms with Crippen LogP contribution in [-0.4, -0.2) is 17.8 Å². The van der Waals surface area contributed by atoms with Gasteiger partial charge in [0.2, 0.25) is 6.08 Å². The molecule has 0 saturated heterocycles. The van der Waals surface area contributed by atoms with Gasteiger partial charge < -0.3 is 4.74 Å². The lowest BCUT2D eigenvalue weighted by Crippen LogP contribution is -2.32. The Morgan fingerprint density at radius 3 is 2.65 bits per heavy atom. The largest absolute Gasteiger partial charge is 0.444 e. The van der Waals surface area contributed by atoms with Gasteiger partial charge in [0, 0.05) is 6.07 Å². The van der Waals surface area contributed by atoms with Crippen molar-refractivity contribution in [1.82, 2.24) is 0 Å². The molecule has 0 N–H and O–H groups in total. The van der Waals surface area contributed by atoms with Crippen molar-refractivity contribution in [3.63, 3.8) is 0 Å². The molecule has 92 valence electrons. The molecule has 8 heteroatoms. The summed E-state index contributed by atoms with van der Waals surface area (Å²) < 4.78 is 42.0. The Hall–Kier alpha value is -1.23. The van der Waals surface area contributed by atoms with E-state index >= 15 is 0 Å². The summed E-state index contributed by atoms with van der Waals surface area (Å²) in [4.78, 5) is 13.1. The van der Waals surface area contributed by atoms with Crippen LogP contribution in [0.2, 0.25) is 5.02 Å². The summed E-state index contributed by atoms with van der Waals surface area (Å²) in [5.41, 5.74) is -3.04. The maximum absolute atomic E-state index is 12.8. The highest BCUT2D eigenvalue weighted by Crippen LogP contribution is 2.35. The highest BCUT2D eigenvalue weighted by molar-refractivity contribution is 6.32. The van der Waals surface area contributed by atoms with Gasteiger partial charge in [-0.1, -0.05) is 23.2 Å². The molecule has 0 aliphatic carbocycles. The lowest BCUT2D eigenvalue weighted by Gasteiger charge is -2.18. The fourth-order valence-electron chi connectivity index (χ4n) is 0.884. The summed E-state index contributed by atoms with van der Waals surface area (Å²) in [5.74, 6) is -0.545. The van der Waals surface area contributed by atoms with Gasteiger partial charge in [-0.3, -0.25) is 0 Å². The number of hydrogen-bond acceptors (Lipinski definition) is 3. The number of isocyanates is 1. The van der Waals surface area contributed by atoms with Gasteiger partial charge >= 0.3 is 6.11 Å². The quantitative estimate of drug-likeness (QED) is 0.479. The normalized spacial score (nSPS) is 12.8. The van der Waals surface area contributed by atoms with Gasteiger partial charge in [-0.2, -0.15) is 13.8 Å². The summed E-state index contributed by atoms with van der Waals surface area (Å²) in [5, 5.41) is -0.202. The van der Waals surface area contributed by atoms with E-state index in [1.165, 1.54) is 12.1 Å². The summed E-state index contributed by atoms with van der Waals surface area (Å²) in [6.07, 6.45) is -3.04. The molecular weight excluding hydrogens is 282 g/mol. The molecule has 0 aromatic heterocycles. The van der Waals surface area contributed by atoms with Crippen LogP contribution in [0.15, 0.2) is 23.2 Å². The molecule has 0 aliphatic rings. The standard InChI is InChI=1S/C9H4Cl2F3NO2/c10-6-2-1-5(15-4-16)3-7(6)17-9(13,14)8(11)12/h1-3,8H. The van der Waals surface area contributed by atoms with Crippen molar-refractivity contribution in [3.8, 4) is 5.75 Å². The minimum absolute atomic E-state index is 0.0137. The van der Waals surface area contributed by atoms with Crippen LogP contribution in [0.3, 0.4) is 0 Å². The van der Waals surface area contributed by atoms with Gasteiger partial charge in [-0.05, 0) is 12.1 Å². The van der Waals surface area contributed by atoms with Crippen LogP contribution >= 0.6 is 23.2 Å². The van der Waals surface area contributed by atoms with E-state index in [9.17, 15) is 18.0 Å². The number of benzene rings is 1. The SMILES string of the molecule is O=C=Nc1ccc(Cl)c(OC(F)(F)C(F)Cl)c1. The number of rotatable bonds is 4. The molecule has 1 atom stereocenters. The third-order valence-electron chi connectivity index (χ3n) is 1.59. The molecule has 0 heterocycles. The second-order valence-corrected chi connectivity index (χ2v) is 3.57. The van der Waals surface area contributed by atoms with Gasteiger partial charge in [0.1, 0.15) is 5.75 Å². The fraction of sp³-hybridized carbons (Fsp3) is 0.222. The molecule has 1 aromatic carbocycles. The summed E-state index contributed by atoms with van der Waals surface area (Å²) in [7, 11) is 0. The number of aliphatic imine (C=N–C) groups is 1. The van der Waals surface area contributed by atoms with Crippen LogP contribution in [-0.2, 0) is 4.79 Å². The topological polar surface area (TPSA) is 38.7 Å². The van der Waals surface area contributed by atoms with Gasteiger partial charge in [-0.25, -0.2) is 9.18 Å². The van der Waals surface area contributed by atoms with Gasteiger partial charge in [-0.15, -0.1) is 0 Å². The van der Waals surface area contributed by atoms with Crippen molar-refractivity contribution in [1.29, 1.82) is 0 Å². The lowest BCUT2D eigenvalue weighted by molar-refractivity contribution is -0.198. The smallest absolute Gasteiger partial charge is 0.428 e. The van der Waals surface area contributed by atoms with E-state index in [1.54, 1.807) is 0 Å². The summed E-state index contributed by atoms with van der Waals surface area (Å²) in [6.45, 7) is 0. The first-order valence-corrected chi connectivity index (χ1v) is 4.90. The number of ether oxygens (including phenoxy) is 1. The Morgan fingerprint density at radius 1 is 1.47 bits per heavy atom. The third kappa shape index (κ3) is 3.63. The Labute approximate surface area is 104 Å². The molecule has 0 amide bonds. The molecule has 0 radical (unpaired) electrons. The molecule has 1 unspecified atom stereocenters. The maximum Gasteiger partial charge on any atom is 0.444 e. The maximum atomic E-state index is 12.8. The molecule has 0 fully saturated rings. The molecule has 17 heavy (non-hydrogen) atoms. The second-order valence-electron chi connectivity index (χ2n) is 2.78. The highest BCUT2D eigenvalue weighted by atomic mass is 35.5. The van der Waals surface area contributed by atoms with Gasteiger partial charge in [0.05, 0.1) is 10.7 Å². The zero-order chi connectivity index (χ0) is 13.1. The number of carbonyl (C=O) groups excluding carboxylic acids is 1. The van der Waals surface area contributed by atoms with Crippen LogP contribution in [0, 0.1) is 0 Å². The van der Waals surface area contributed by atoms with Crippen molar-refractivity contribution in [2.45, 2.75) is 11.7 Å². The fourth-order valence-corrected chi connectivity index (χ4v) is 1.08. The number of alkyl halides is 4. The number of nitrogens with zero attached hydrogens (tertiary/aromatic N) is 1. The molecule has 3 nitrogen and oxygen atoms in total. The average molecular weight is 286 g/mol. The summed E-state index contributed by atoms with van der Waals surface area (Å²) >= 11 is 10.1. The molecule has 0 bridgehead atoms. The predicted octanol–water partition coefficient (Wildman–Crippen LogP) is 3.81. The highest BCUT2D eigenvalue weighted by Gasteiger charge is 2.42. The molecule has 0 spiro atoms. The van der Waals surface area contributed by atoms with E-state index in [2.05, 4.69) is 21.3 Å². The van der Waals surface area contributed by atoms with Crippen LogP contribution in [0.1, 0.15) is 0 Å². The van der Waals surface area contributed by atoms with Crippen molar-refractivity contribution in [2.24, 2.45) is 4.99 Å². The van der Waals surface area contributed by atoms with Crippen molar-refractivity contribution >= 4 is 35.0 Å². The molecule has 0 aliphatic heterocycles. The van der Waals surface area contributed by atoms with Crippen LogP contribution in [0.5, 0.6) is 5.75 Å². The van der Waals surface area contributed by atoms with Crippen LogP contribution in [0.25, 0.3) is 0 Å². The first-order valence-electron chi connectivity index (χ1n) is 4.09. The van der Waals surface area contributed by atoms with E-state index in [1.807, 2.05) is 0 Å². The molecule has 0 saturated carbocycles. The Bertz CT molecular complexity index is 462. The van der Waals surface area contributed by atoms with Crippen molar-refractivity contribution in [2.75, 3.05) is 0 Å². The lowest BCUT2D eigenvalue weighted by atomic mass is 10.3. The van der Waals surface area contributed by atoms with Gasteiger partial charge in [0.25, 0.3) is 5.63 Å². The Balaban J connectivity index is 3.05. The molecule has 1 aromatic rings. The monoisotopic (exact) mass is 285 g/mol. The first kappa shape index (κ1) is 13.8. The van der Waals surface area contributed by atoms with Crippen molar-refractivity contribution < 1.29 is 22.7 Å². The van der Waals surface area contributed by atoms with E-state index < -0.39 is 17.5 Å². The van der Waals surface area contributed by atoms with E-state index in [-0.39, 0.29) is 10.7 Å². The Morgan fingerprint density at radius 2 is 2.12 bits per heavy atom. The molecule has 1 rings (SSSR count). The predicted molar refractivity (Wildman–Crippen MR) is 55.6 cm³/mol. The minimum Gasteiger partial charge on any atom is -0.428 e. The van der Waals surface area contributed by atoms with Gasteiger partial charge in [0.15, 0.2) is 0 Å². The Kier molecular flexibility index (Phi) is 4.40. The van der Waals surface area contributed by atoms with Crippen LogP contribution in [0.4, 0.5) is 18.9 Å². The minimum atomic E-state index is -4.24.